The van der Waals surface area contributed by atoms with Crippen LogP contribution in [-0.4, -0.2) is 28.8 Å². The van der Waals surface area contributed by atoms with Gasteiger partial charge in [0.1, 0.15) is 10.5 Å². The van der Waals surface area contributed by atoms with Crippen LogP contribution in [0.4, 0.5) is 0 Å². The molecule has 0 fully saturated rings. The smallest absolute Gasteiger partial charge is 0.146 e. The molecule has 0 saturated carbocycles. The first-order chi connectivity index (χ1) is 5.11. The second-order valence-corrected chi connectivity index (χ2v) is 3.38. The number of nitrogens with one attached hydrogen (secondary N) is 1. The number of nitrogens with two attached hydrogens (primary N) is 1. The Bertz CT molecular complexity index is 100. The van der Waals surface area contributed by atoms with Gasteiger partial charge in [0.15, 0.2) is 0 Å². The van der Waals surface area contributed by atoms with Crippen molar-refractivity contribution in [2.24, 2.45) is 5.73 Å². The van der Waals surface area contributed by atoms with Gasteiger partial charge in [-0.05, 0) is 20.3 Å². The maximum Gasteiger partial charge on any atom is 0.146 e. The van der Waals surface area contributed by atoms with Gasteiger partial charge in [0.05, 0.1) is 12.3 Å². The van der Waals surface area contributed by atoms with E-state index in [1.165, 1.54) is 0 Å². The lowest BCUT2D eigenvalue weighted by Crippen LogP contribution is -2.47. The van der Waals surface area contributed by atoms with Gasteiger partial charge in [0, 0.05) is 6.04 Å². The first kappa shape index (κ1) is 11.1. The zero-order valence-electron chi connectivity index (χ0n) is 7.92. The zero-order valence-corrected chi connectivity index (χ0v) is 9.92. The highest BCUT2D eigenvalue weighted by Crippen LogP contribution is 2.01. The van der Waals surface area contributed by atoms with Crippen LogP contribution >= 0.6 is 0 Å². The Kier molecular flexibility index (Phi) is 5.76. The summed E-state index contributed by atoms with van der Waals surface area (Å²) in [7, 11) is 0.795. The van der Waals surface area contributed by atoms with E-state index < -0.39 is 0 Å². The molecular weight excluding hydrogens is 156 g/mol. The van der Waals surface area contributed by atoms with E-state index in [-0.39, 0.29) is 12.3 Å². The van der Waals surface area contributed by atoms with Crippen molar-refractivity contribution in [3.8, 4) is 0 Å². The number of rotatable bonds is 5. The van der Waals surface area contributed by atoms with Crippen molar-refractivity contribution in [2.75, 3.05) is 0 Å². The van der Waals surface area contributed by atoms with Gasteiger partial charge in [-0.2, -0.15) is 0 Å². The average Bonchev–Trinajstić information content (AvgIpc) is 1.98. The topological polar surface area (TPSA) is 47.3 Å². The van der Waals surface area contributed by atoms with E-state index in [0.29, 0.717) is 6.04 Å². The molecule has 0 amide bonds. The lowest BCUT2D eigenvalue weighted by Gasteiger charge is -2.25. The molecule has 3 atom stereocenters. The van der Waals surface area contributed by atoms with Crippen LogP contribution in [0, 0.1) is 0 Å². The van der Waals surface area contributed by atoms with E-state index in [4.69, 9.17) is 10.2 Å². The molecule has 11 heavy (non-hydrogen) atoms. The SMILES string of the molecule is CCC(NC(C)N)C(C)O[SiH3]. The highest BCUT2D eigenvalue weighted by molar-refractivity contribution is 5.98. The van der Waals surface area contributed by atoms with Crippen molar-refractivity contribution in [2.45, 2.75) is 45.5 Å². The van der Waals surface area contributed by atoms with Gasteiger partial charge in [-0.3, -0.25) is 5.32 Å². The van der Waals surface area contributed by atoms with E-state index in [9.17, 15) is 0 Å². The lowest BCUT2D eigenvalue weighted by molar-refractivity contribution is 0.175. The summed E-state index contributed by atoms with van der Waals surface area (Å²) in [5.74, 6) is 0. The lowest BCUT2D eigenvalue weighted by atomic mass is 10.1. The Labute approximate surface area is 72.2 Å². The van der Waals surface area contributed by atoms with E-state index in [1.807, 2.05) is 6.92 Å². The standard InChI is InChI=1S/C7H20N2OSi/c1-4-7(5(2)10-11)9-6(3)8/h5-7,9H,4,8H2,1-3,11H3. The molecule has 0 aliphatic rings. The number of hydrogen-bond donors (Lipinski definition) is 2. The molecule has 0 aliphatic carbocycles. The Morgan fingerprint density at radius 2 is 2.09 bits per heavy atom. The van der Waals surface area contributed by atoms with Crippen molar-refractivity contribution >= 4 is 10.5 Å². The van der Waals surface area contributed by atoms with Gasteiger partial charge in [-0.1, -0.05) is 6.92 Å². The molecule has 0 radical (unpaired) electrons. The fourth-order valence-corrected chi connectivity index (χ4v) is 1.42. The largest absolute Gasteiger partial charge is 0.424 e. The van der Waals surface area contributed by atoms with Crippen LogP contribution in [0.15, 0.2) is 0 Å². The summed E-state index contributed by atoms with van der Waals surface area (Å²) in [5, 5.41) is 3.26. The molecule has 0 aromatic carbocycles. The molecule has 0 saturated heterocycles. The summed E-state index contributed by atoms with van der Waals surface area (Å²) in [6.45, 7) is 6.16. The van der Waals surface area contributed by atoms with E-state index in [2.05, 4.69) is 19.2 Å². The maximum atomic E-state index is 5.61. The van der Waals surface area contributed by atoms with Crippen LogP contribution < -0.4 is 11.1 Å². The van der Waals surface area contributed by atoms with Gasteiger partial charge in [0.25, 0.3) is 0 Å². The van der Waals surface area contributed by atoms with Gasteiger partial charge >= 0.3 is 0 Å². The van der Waals surface area contributed by atoms with Crippen molar-refractivity contribution in [3.63, 3.8) is 0 Å². The third kappa shape index (κ3) is 4.52. The summed E-state index contributed by atoms with van der Waals surface area (Å²) in [4.78, 5) is 0. The molecular formula is C7H20N2OSi. The summed E-state index contributed by atoms with van der Waals surface area (Å²) < 4.78 is 5.32. The van der Waals surface area contributed by atoms with Crippen molar-refractivity contribution < 1.29 is 4.43 Å². The summed E-state index contributed by atoms with van der Waals surface area (Å²) in [6.07, 6.45) is 1.40. The molecule has 0 rings (SSSR count). The molecule has 3 N–H and O–H groups in total. The summed E-state index contributed by atoms with van der Waals surface area (Å²) >= 11 is 0. The molecule has 4 heteroatoms. The van der Waals surface area contributed by atoms with E-state index in [0.717, 1.165) is 16.9 Å². The minimum atomic E-state index is 0.0548. The predicted octanol–water partition coefficient (Wildman–Crippen LogP) is -0.655. The molecule has 0 aromatic rings. The molecule has 3 nitrogen and oxygen atoms in total. The van der Waals surface area contributed by atoms with E-state index in [1.54, 1.807) is 0 Å². The van der Waals surface area contributed by atoms with Crippen molar-refractivity contribution in [3.05, 3.63) is 0 Å². The first-order valence-electron chi connectivity index (χ1n) is 4.16. The predicted molar refractivity (Wildman–Crippen MR) is 51.4 cm³/mol. The van der Waals surface area contributed by atoms with Crippen molar-refractivity contribution in [1.82, 2.24) is 5.32 Å². The van der Waals surface area contributed by atoms with Gasteiger partial charge in [0.2, 0.25) is 0 Å². The Morgan fingerprint density at radius 1 is 1.55 bits per heavy atom. The second kappa shape index (κ2) is 5.71. The van der Waals surface area contributed by atoms with Gasteiger partial charge < -0.3 is 10.2 Å². The Morgan fingerprint density at radius 3 is 2.36 bits per heavy atom. The summed E-state index contributed by atoms with van der Waals surface area (Å²) in [6, 6.07) is 0.396. The maximum absolute atomic E-state index is 5.61. The van der Waals surface area contributed by atoms with Crippen LogP contribution in [0.5, 0.6) is 0 Å². The normalized spacial score (nSPS) is 19.6. The molecule has 3 unspecified atom stereocenters. The summed E-state index contributed by atoms with van der Waals surface area (Å²) in [5.41, 5.74) is 5.61. The molecule has 68 valence electrons. The Hall–Kier alpha value is 0.0969. The van der Waals surface area contributed by atoms with Crippen molar-refractivity contribution in [1.29, 1.82) is 0 Å². The highest BCUT2D eigenvalue weighted by Gasteiger charge is 2.14. The van der Waals surface area contributed by atoms with Crippen LogP contribution in [0.25, 0.3) is 0 Å². The monoisotopic (exact) mass is 176 g/mol. The average molecular weight is 176 g/mol. The molecule has 0 aliphatic heterocycles. The minimum absolute atomic E-state index is 0.0548. The highest BCUT2D eigenvalue weighted by atomic mass is 28.2. The Balaban J connectivity index is 3.74. The zero-order chi connectivity index (χ0) is 8.85. The second-order valence-electron chi connectivity index (χ2n) is 2.91. The first-order valence-corrected chi connectivity index (χ1v) is 4.97. The minimum Gasteiger partial charge on any atom is -0.424 e. The molecule has 0 spiro atoms. The fourth-order valence-electron chi connectivity index (χ4n) is 1.09. The molecule has 0 bridgehead atoms. The third-order valence-electron chi connectivity index (χ3n) is 1.86. The third-order valence-corrected chi connectivity index (χ3v) is 2.60. The molecule has 0 heterocycles. The number of hydrogen-bond acceptors (Lipinski definition) is 3. The van der Waals surface area contributed by atoms with Gasteiger partial charge in [-0.25, -0.2) is 0 Å². The van der Waals surface area contributed by atoms with Crippen LogP contribution in [0.3, 0.4) is 0 Å². The quantitative estimate of drug-likeness (QED) is 0.432. The molecule has 0 aromatic heterocycles. The van der Waals surface area contributed by atoms with Crippen LogP contribution in [0.2, 0.25) is 0 Å². The fraction of sp³-hybridized carbons (Fsp3) is 1.00. The van der Waals surface area contributed by atoms with Gasteiger partial charge in [-0.15, -0.1) is 0 Å². The van der Waals surface area contributed by atoms with Crippen LogP contribution in [0.1, 0.15) is 27.2 Å². The van der Waals surface area contributed by atoms with E-state index >= 15 is 0 Å². The van der Waals surface area contributed by atoms with Crippen LogP contribution in [-0.2, 0) is 4.43 Å².